The van der Waals surface area contributed by atoms with Crippen molar-refractivity contribution >= 4 is 11.6 Å². The second-order valence-electron chi connectivity index (χ2n) is 2.28. The summed E-state index contributed by atoms with van der Waals surface area (Å²) in [6.07, 6.45) is 3.34. The molecule has 0 aromatic carbocycles. The zero-order chi connectivity index (χ0) is 9.52. The number of pyridine rings is 1. The first-order valence-corrected chi connectivity index (χ1v) is 4.53. The minimum atomic E-state index is 0.332. The molecule has 3 heteroatoms. The van der Waals surface area contributed by atoms with E-state index in [0.29, 0.717) is 12.5 Å². The van der Waals surface area contributed by atoms with E-state index in [4.69, 9.17) is 16.3 Å². The smallest absolute Gasteiger partial charge is 0.138 e. The van der Waals surface area contributed by atoms with Gasteiger partial charge in [-0.15, -0.1) is 11.6 Å². The van der Waals surface area contributed by atoms with Gasteiger partial charge in [-0.25, -0.2) is 0 Å². The van der Waals surface area contributed by atoms with Crippen LogP contribution in [0.25, 0.3) is 0 Å². The van der Waals surface area contributed by atoms with Crippen LogP contribution >= 0.6 is 11.6 Å². The van der Waals surface area contributed by atoms with Gasteiger partial charge < -0.3 is 4.74 Å². The van der Waals surface area contributed by atoms with Crippen molar-refractivity contribution in [2.45, 2.75) is 6.92 Å². The highest BCUT2D eigenvalue weighted by atomic mass is 35.5. The van der Waals surface area contributed by atoms with Crippen LogP contribution in [-0.4, -0.2) is 17.5 Å². The van der Waals surface area contributed by atoms with Crippen molar-refractivity contribution in [1.82, 2.24) is 4.98 Å². The maximum Gasteiger partial charge on any atom is 0.138 e. The van der Waals surface area contributed by atoms with Crippen LogP contribution in [0.15, 0.2) is 18.5 Å². The molecule has 13 heavy (non-hydrogen) atoms. The summed E-state index contributed by atoms with van der Waals surface area (Å²) in [6.45, 7) is 2.56. The first kappa shape index (κ1) is 9.88. The Morgan fingerprint density at radius 3 is 3.08 bits per heavy atom. The highest BCUT2D eigenvalue weighted by molar-refractivity contribution is 6.19. The highest BCUT2D eigenvalue weighted by Crippen LogP contribution is 2.09. The number of halogens is 1. The molecule has 0 amide bonds. The van der Waals surface area contributed by atoms with Gasteiger partial charge in [0.2, 0.25) is 0 Å². The van der Waals surface area contributed by atoms with Crippen molar-refractivity contribution in [3.8, 4) is 17.6 Å². The summed E-state index contributed by atoms with van der Waals surface area (Å²) >= 11 is 5.43. The number of alkyl halides is 1. The molecule has 0 N–H and O–H groups in total. The number of ether oxygens (including phenoxy) is 1. The standard InChI is InChI=1S/C10H10ClNO/c1-2-13-10-6-9(4-3-5-11)7-12-8-10/h6-8H,2,5H2,1H3. The molecule has 2 nitrogen and oxygen atoms in total. The Morgan fingerprint density at radius 2 is 2.38 bits per heavy atom. The fourth-order valence-corrected chi connectivity index (χ4v) is 0.935. The Morgan fingerprint density at radius 1 is 1.54 bits per heavy atom. The first-order valence-electron chi connectivity index (χ1n) is 3.99. The average Bonchev–Trinajstić information content (AvgIpc) is 2.16. The Hall–Kier alpha value is -1.20. The monoisotopic (exact) mass is 195 g/mol. The van der Waals surface area contributed by atoms with E-state index >= 15 is 0 Å². The fraction of sp³-hybridized carbons (Fsp3) is 0.300. The molecule has 0 aliphatic rings. The summed E-state index contributed by atoms with van der Waals surface area (Å²) in [4.78, 5) is 3.99. The van der Waals surface area contributed by atoms with Gasteiger partial charge in [-0.3, -0.25) is 4.98 Å². The van der Waals surface area contributed by atoms with Gasteiger partial charge in [0, 0.05) is 11.8 Å². The first-order chi connectivity index (χ1) is 6.36. The van der Waals surface area contributed by atoms with Crippen LogP contribution in [0, 0.1) is 11.8 Å². The summed E-state index contributed by atoms with van der Waals surface area (Å²) in [5, 5.41) is 0. The van der Waals surface area contributed by atoms with Crippen molar-refractivity contribution < 1.29 is 4.74 Å². The van der Waals surface area contributed by atoms with Crippen LogP contribution in [0.3, 0.4) is 0 Å². The maximum atomic E-state index is 5.43. The summed E-state index contributed by atoms with van der Waals surface area (Å²) in [6, 6.07) is 1.84. The van der Waals surface area contributed by atoms with Gasteiger partial charge in [-0.05, 0) is 13.0 Å². The molecular formula is C10H10ClNO. The third-order valence-corrected chi connectivity index (χ3v) is 1.46. The number of rotatable bonds is 2. The molecule has 68 valence electrons. The maximum absolute atomic E-state index is 5.43. The average molecular weight is 196 g/mol. The van der Waals surface area contributed by atoms with Gasteiger partial charge in [0.25, 0.3) is 0 Å². The van der Waals surface area contributed by atoms with Crippen molar-refractivity contribution in [1.29, 1.82) is 0 Å². The quantitative estimate of drug-likeness (QED) is 0.533. The normalized spacial score (nSPS) is 8.77. The van der Waals surface area contributed by atoms with Gasteiger partial charge in [0.05, 0.1) is 18.7 Å². The lowest BCUT2D eigenvalue weighted by atomic mass is 10.3. The summed E-state index contributed by atoms with van der Waals surface area (Å²) in [7, 11) is 0. The van der Waals surface area contributed by atoms with E-state index in [0.717, 1.165) is 11.3 Å². The van der Waals surface area contributed by atoms with E-state index in [1.165, 1.54) is 0 Å². The molecule has 0 fully saturated rings. The second-order valence-corrected chi connectivity index (χ2v) is 2.54. The van der Waals surface area contributed by atoms with E-state index in [-0.39, 0.29) is 0 Å². The molecule has 0 aliphatic carbocycles. The molecule has 0 spiro atoms. The molecule has 0 saturated carbocycles. The topological polar surface area (TPSA) is 22.1 Å². The van der Waals surface area contributed by atoms with Crippen LogP contribution in [-0.2, 0) is 0 Å². The largest absolute Gasteiger partial charge is 0.492 e. The minimum Gasteiger partial charge on any atom is -0.492 e. The molecule has 1 rings (SSSR count). The Labute approximate surface area is 82.9 Å². The second kappa shape index (κ2) is 5.45. The van der Waals surface area contributed by atoms with E-state index < -0.39 is 0 Å². The Bertz CT molecular complexity index is 327. The number of hydrogen-bond acceptors (Lipinski definition) is 2. The van der Waals surface area contributed by atoms with Gasteiger partial charge in [0.1, 0.15) is 5.75 Å². The van der Waals surface area contributed by atoms with E-state index in [9.17, 15) is 0 Å². The molecule has 1 aromatic rings. The summed E-state index contributed by atoms with van der Waals surface area (Å²) in [5.74, 6) is 6.69. The molecule has 1 aromatic heterocycles. The Kier molecular flexibility index (Phi) is 4.14. The molecule has 0 atom stereocenters. The van der Waals surface area contributed by atoms with Crippen molar-refractivity contribution in [2.24, 2.45) is 0 Å². The van der Waals surface area contributed by atoms with Gasteiger partial charge >= 0.3 is 0 Å². The number of nitrogens with zero attached hydrogens (tertiary/aromatic N) is 1. The lowest BCUT2D eigenvalue weighted by Gasteiger charge is -2.00. The molecule has 0 unspecified atom stereocenters. The lowest BCUT2D eigenvalue weighted by Crippen LogP contribution is -1.92. The molecule has 0 saturated heterocycles. The van der Waals surface area contributed by atoms with Crippen LogP contribution in [0.5, 0.6) is 5.75 Å². The van der Waals surface area contributed by atoms with E-state index in [1.54, 1.807) is 12.4 Å². The minimum absolute atomic E-state index is 0.332. The lowest BCUT2D eigenvalue weighted by molar-refractivity contribution is 0.339. The van der Waals surface area contributed by atoms with Crippen LogP contribution in [0.2, 0.25) is 0 Å². The molecule has 0 aliphatic heterocycles. The molecule has 0 radical (unpaired) electrons. The number of hydrogen-bond donors (Lipinski definition) is 0. The van der Waals surface area contributed by atoms with Gasteiger partial charge in [-0.2, -0.15) is 0 Å². The fourth-order valence-electron chi connectivity index (χ4n) is 0.868. The van der Waals surface area contributed by atoms with Crippen molar-refractivity contribution in [3.05, 3.63) is 24.0 Å². The highest BCUT2D eigenvalue weighted by Gasteiger charge is 1.93. The third-order valence-electron chi connectivity index (χ3n) is 1.32. The van der Waals surface area contributed by atoms with Crippen LogP contribution in [0.1, 0.15) is 12.5 Å². The molecule has 1 heterocycles. The van der Waals surface area contributed by atoms with Gasteiger partial charge in [0.15, 0.2) is 0 Å². The predicted octanol–water partition coefficient (Wildman–Crippen LogP) is 2.07. The third kappa shape index (κ3) is 3.35. The number of aromatic nitrogens is 1. The van der Waals surface area contributed by atoms with Crippen molar-refractivity contribution in [2.75, 3.05) is 12.5 Å². The summed E-state index contributed by atoms with van der Waals surface area (Å²) < 4.78 is 5.26. The van der Waals surface area contributed by atoms with Crippen molar-refractivity contribution in [3.63, 3.8) is 0 Å². The van der Waals surface area contributed by atoms with Crippen LogP contribution < -0.4 is 4.74 Å². The van der Waals surface area contributed by atoms with Crippen LogP contribution in [0.4, 0.5) is 0 Å². The zero-order valence-electron chi connectivity index (χ0n) is 7.38. The molecular weight excluding hydrogens is 186 g/mol. The van der Waals surface area contributed by atoms with Gasteiger partial charge in [-0.1, -0.05) is 11.8 Å². The zero-order valence-corrected chi connectivity index (χ0v) is 8.14. The molecule has 0 bridgehead atoms. The summed E-state index contributed by atoms with van der Waals surface area (Å²) in [5.41, 5.74) is 0.826. The predicted molar refractivity (Wildman–Crippen MR) is 53.0 cm³/mol. The Balaban J connectivity index is 2.79. The van der Waals surface area contributed by atoms with E-state index in [1.807, 2.05) is 13.0 Å². The SMILES string of the molecule is CCOc1cncc(C#CCCl)c1. The van der Waals surface area contributed by atoms with E-state index in [2.05, 4.69) is 16.8 Å².